The number of rotatable bonds is 2. The molecule has 0 saturated carbocycles. The maximum atomic E-state index is 15.5. The van der Waals surface area contributed by atoms with E-state index in [0.717, 1.165) is 38.9 Å². The van der Waals surface area contributed by atoms with E-state index in [1.54, 1.807) is 11.8 Å². The molecule has 2 N–H and O–H groups in total. The molecule has 158 valence electrons. The molecule has 3 aromatic rings. The molecule has 1 aliphatic carbocycles. The van der Waals surface area contributed by atoms with Crippen LogP contribution in [0.1, 0.15) is 39.5 Å². The highest BCUT2D eigenvalue weighted by Gasteiger charge is 2.29. The van der Waals surface area contributed by atoms with Crippen molar-refractivity contribution in [1.82, 2.24) is 4.90 Å². The lowest BCUT2D eigenvalue weighted by Crippen LogP contribution is -2.35. The summed E-state index contributed by atoms with van der Waals surface area (Å²) >= 11 is 0. The van der Waals surface area contributed by atoms with Gasteiger partial charge in [-0.25, -0.2) is 4.39 Å². The van der Waals surface area contributed by atoms with E-state index in [1.807, 2.05) is 42.5 Å². The van der Waals surface area contributed by atoms with Crippen LogP contribution in [-0.2, 0) is 24.2 Å². The van der Waals surface area contributed by atoms with Gasteiger partial charge in [0.25, 0.3) is 5.91 Å². The monoisotopic (exact) mass is 424 g/mol. The number of halogens is 1. The van der Waals surface area contributed by atoms with E-state index in [1.165, 1.54) is 6.07 Å². The Bertz CT molecular complexity index is 1360. The Hall–Kier alpha value is -3.91. The minimum Gasteiger partial charge on any atom is -0.366 e. The number of amides is 2. The van der Waals surface area contributed by atoms with Gasteiger partial charge < -0.3 is 10.6 Å². The molecule has 5 rings (SSSR count). The van der Waals surface area contributed by atoms with Gasteiger partial charge in [-0.15, -0.1) is 0 Å². The predicted molar refractivity (Wildman–Crippen MR) is 121 cm³/mol. The zero-order chi connectivity index (χ0) is 22.4. The molecule has 0 radical (unpaired) electrons. The first kappa shape index (κ1) is 20.0. The summed E-state index contributed by atoms with van der Waals surface area (Å²) in [5.74, 6) is 3.99. The fourth-order valence-corrected chi connectivity index (χ4v) is 4.85. The first-order valence-electron chi connectivity index (χ1n) is 10.5. The molecule has 1 aliphatic heterocycles. The van der Waals surface area contributed by atoms with Gasteiger partial charge in [0.15, 0.2) is 0 Å². The lowest BCUT2D eigenvalue weighted by Gasteiger charge is -2.28. The average Bonchev–Trinajstić information content (AvgIpc) is 3.17. The number of hydrogen-bond acceptors (Lipinski definition) is 2. The van der Waals surface area contributed by atoms with Gasteiger partial charge in [0.1, 0.15) is 5.82 Å². The van der Waals surface area contributed by atoms with Crippen LogP contribution in [0, 0.1) is 17.7 Å². The Balaban J connectivity index is 1.63. The van der Waals surface area contributed by atoms with Crippen molar-refractivity contribution in [2.75, 3.05) is 6.54 Å². The Labute approximate surface area is 185 Å². The van der Waals surface area contributed by atoms with E-state index in [9.17, 15) is 9.59 Å². The molecule has 2 amide bonds. The van der Waals surface area contributed by atoms with Crippen molar-refractivity contribution in [3.63, 3.8) is 0 Å². The average molecular weight is 424 g/mol. The van der Waals surface area contributed by atoms with E-state index < -0.39 is 11.7 Å². The van der Waals surface area contributed by atoms with Crippen molar-refractivity contribution in [3.8, 4) is 34.1 Å². The number of carbonyl (C=O) groups excluding carboxylic acids is 2. The second-order valence-electron chi connectivity index (χ2n) is 8.17. The Morgan fingerprint density at radius 3 is 2.62 bits per heavy atom. The third kappa shape index (κ3) is 3.16. The molecule has 0 aromatic heterocycles. The number of nitrogens with zero attached hydrogens (tertiary/aromatic N) is 1. The van der Waals surface area contributed by atoms with Crippen LogP contribution in [0.3, 0.4) is 0 Å². The largest absolute Gasteiger partial charge is 0.366 e. The topological polar surface area (TPSA) is 63.4 Å². The van der Waals surface area contributed by atoms with E-state index in [-0.39, 0.29) is 11.5 Å². The lowest BCUT2D eigenvalue weighted by atomic mass is 9.88. The minimum absolute atomic E-state index is 0.176. The molecular weight excluding hydrogens is 403 g/mol. The number of carbonyl (C=O) groups is 2. The molecule has 2 aliphatic rings. The van der Waals surface area contributed by atoms with Crippen molar-refractivity contribution in [3.05, 3.63) is 82.2 Å². The summed E-state index contributed by atoms with van der Waals surface area (Å²) in [5, 5.41) is 0. The van der Waals surface area contributed by atoms with Crippen LogP contribution in [0.4, 0.5) is 4.39 Å². The van der Waals surface area contributed by atoms with Crippen LogP contribution in [0.2, 0.25) is 0 Å². The predicted octanol–water partition coefficient (Wildman–Crippen LogP) is 4.07. The molecule has 0 fully saturated rings. The lowest BCUT2D eigenvalue weighted by molar-refractivity contribution is -0.125. The van der Waals surface area contributed by atoms with Crippen molar-refractivity contribution < 1.29 is 14.0 Å². The van der Waals surface area contributed by atoms with E-state index in [0.29, 0.717) is 31.5 Å². The highest BCUT2D eigenvalue weighted by atomic mass is 19.1. The summed E-state index contributed by atoms with van der Waals surface area (Å²) < 4.78 is 15.5. The standard InChI is InChI=1S/C27H21FN2O2/c1-2-5-24(31)30-11-10-16-12-18(8-9-19(16)15-30)25-23(28)14-22(27(29)32)21-13-17-6-3-4-7-20(17)26(21)25/h3-4,6-9,12,14H,10-11,13,15H2,1H3,(H2,29,32). The van der Waals surface area contributed by atoms with Crippen molar-refractivity contribution in [1.29, 1.82) is 0 Å². The maximum Gasteiger partial charge on any atom is 0.298 e. The number of benzene rings is 3. The van der Waals surface area contributed by atoms with Gasteiger partial charge in [-0.3, -0.25) is 9.59 Å². The first-order chi connectivity index (χ1) is 15.5. The summed E-state index contributed by atoms with van der Waals surface area (Å²) in [6.07, 6.45) is 1.23. The van der Waals surface area contributed by atoms with Crippen LogP contribution in [-0.4, -0.2) is 23.3 Å². The van der Waals surface area contributed by atoms with Crippen LogP contribution in [0.25, 0.3) is 22.3 Å². The molecule has 0 atom stereocenters. The Morgan fingerprint density at radius 2 is 1.84 bits per heavy atom. The first-order valence-corrected chi connectivity index (χ1v) is 10.5. The van der Waals surface area contributed by atoms with Gasteiger partial charge in [-0.05, 0) is 70.7 Å². The molecule has 5 heteroatoms. The second-order valence-corrected chi connectivity index (χ2v) is 8.17. The van der Waals surface area contributed by atoms with Crippen molar-refractivity contribution in [2.45, 2.75) is 26.3 Å². The Kier molecular flexibility index (Phi) is 4.79. The SMILES string of the molecule is CC#CC(=O)N1CCc2cc(-c3c(F)cc(C(N)=O)c4c3-c3ccccc3C4)ccc2C1. The summed E-state index contributed by atoms with van der Waals surface area (Å²) in [6.45, 7) is 2.72. The molecule has 0 spiro atoms. The fourth-order valence-electron chi connectivity index (χ4n) is 4.85. The molecule has 1 heterocycles. The molecule has 0 unspecified atom stereocenters. The van der Waals surface area contributed by atoms with E-state index in [2.05, 4.69) is 11.8 Å². The third-order valence-corrected chi connectivity index (χ3v) is 6.33. The smallest absolute Gasteiger partial charge is 0.298 e. The van der Waals surface area contributed by atoms with Crippen molar-refractivity contribution in [2.24, 2.45) is 5.73 Å². The summed E-state index contributed by atoms with van der Waals surface area (Å²) in [5.41, 5.74) is 12.7. The van der Waals surface area contributed by atoms with E-state index in [4.69, 9.17) is 5.73 Å². The van der Waals surface area contributed by atoms with Crippen molar-refractivity contribution >= 4 is 11.8 Å². The number of nitrogens with two attached hydrogens (primary N) is 1. The summed E-state index contributed by atoms with van der Waals surface area (Å²) in [6, 6.07) is 15.0. The molecular formula is C27H21FN2O2. The second kappa shape index (κ2) is 7.65. The number of primary amides is 1. The van der Waals surface area contributed by atoms with Gasteiger partial charge >= 0.3 is 0 Å². The normalized spacial score (nSPS) is 13.5. The molecule has 32 heavy (non-hydrogen) atoms. The summed E-state index contributed by atoms with van der Waals surface area (Å²) in [7, 11) is 0. The number of hydrogen-bond donors (Lipinski definition) is 1. The highest BCUT2D eigenvalue weighted by Crippen LogP contribution is 2.46. The van der Waals surface area contributed by atoms with Gasteiger partial charge in [0, 0.05) is 24.2 Å². The Morgan fingerprint density at radius 1 is 1.03 bits per heavy atom. The van der Waals surface area contributed by atoms with Crippen LogP contribution < -0.4 is 5.73 Å². The van der Waals surface area contributed by atoms with Crippen LogP contribution in [0.5, 0.6) is 0 Å². The zero-order valence-corrected chi connectivity index (χ0v) is 17.7. The third-order valence-electron chi connectivity index (χ3n) is 6.33. The molecule has 0 bridgehead atoms. The summed E-state index contributed by atoms with van der Waals surface area (Å²) in [4.78, 5) is 25.9. The maximum absolute atomic E-state index is 15.5. The van der Waals surface area contributed by atoms with Gasteiger partial charge in [-0.1, -0.05) is 48.4 Å². The fraction of sp³-hybridized carbons (Fsp3) is 0.185. The zero-order valence-electron chi connectivity index (χ0n) is 17.7. The molecule has 4 nitrogen and oxygen atoms in total. The van der Waals surface area contributed by atoms with Crippen LogP contribution in [0.15, 0.2) is 48.5 Å². The molecule has 3 aromatic carbocycles. The van der Waals surface area contributed by atoms with Gasteiger partial charge in [0.2, 0.25) is 5.91 Å². The number of fused-ring (bicyclic) bond motifs is 4. The molecule has 0 saturated heterocycles. The van der Waals surface area contributed by atoms with E-state index >= 15 is 4.39 Å². The van der Waals surface area contributed by atoms with Crippen LogP contribution >= 0.6 is 0 Å². The highest BCUT2D eigenvalue weighted by molar-refractivity contribution is 6.02. The van der Waals surface area contributed by atoms with Gasteiger partial charge in [0.05, 0.1) is 0 Å². The van der Waals surface area contributed by atoms with Gasteiger partial charge in [-0.2, -0.15) is 0 Å². The minimum atomic E-state index is -0.620. The quantitative estimate of drug-likeness (QED) is 0.493.